The standard InChI is InChI=1S/C12H20N4O3S/c1-16-8-10(6-11(16)12(13)17)20(18,19)15-7-9-4-2-3-5-14-9/h6,8-9,14-15H,2-5,7H2,1H3,(H2,13,17). The van der Waals surface area contributed by atoms with Crippen molar-refractivity contribution in [3.8, 4) is 0 Å². The molecule has 0 aliphatic carbocycles. The van der Waals surface area contributed by atoms with Crippen LogP contribution in [0.4, 0.5) is 0 Å². The van der Waals surface area contributed by atoms with Gasteiger partial charge in [-0.3, -0.25) is 4.79 Å². The Bertz CT molecular complexity index is 588. The van der Waals surface area contributed by atoms with Gasteiger partial charge < -0.3 is 15.6 Å². The molecule has 112 valence electrons. The van der Waals surface area contributed by atoms with Crippen LogP contribution in [0, 0.1) is 0 Å². The number of sulfonamides is 1. The van der Waals surface area contributed by atoms with Crippen LogP contribution < -0.4 is 15.8 Å². The van der Waals surface area contributed by atoms with Crippen molar-refractivity contribution < 1.29 is 13.2 Å². The zero-order chi connectivity index (χ0) is 14.8. The number of aromatic nitrogens is 1. The van der Waals surface area contributed by atoms with E-state index in [1.165, 1.54) is 16.8 Å². The predicted molar refractivity (Wildman–Crippen MR) is 74.8 cm³/mol. The van der Waals surface area contributed by atoms with Crippen molar-refractivity contribution in [1.82, 2.24) is 14.6 Å². The Kier molecular flexibility index (Phi) is 4.46. The highest BCUT2D eigenvalue weighted by molar-refractivity contribution is 7.89. The molecule has 1 amide bonds. The van der Waals surface area contributed by atoms with Gasteiger partial charge in [-0.2, -0.15) is 0 Å². The van der Waals surface area contributed by atoms with Gasteiger partial charge in [0.2, 0.25) is 10.0 Å². The highest BCUT2D eigenvalue weighted by Crippen LogP contribution is 2.13. The van der Waals surface area contributed by atoms with E-state index in [-0.39, 0.29) is 16.6 Å². The molecular formula is C12H20N4O3S. The average molecular weight is 300 g/mol. The topological polar surface area (TPSA) is 106 Å². The molecule has 1 fully saturated rings. The second-order valence-electron chi connectivity index (χ2n) is 5.03. The number of piperidine rings is 1. The minimum absolute atomic E-state index is 0.0598. The minimum Gasteiger partial charge on any atom is -0.364 e. The van der Waals surface area contributed by atoms with E-state index in [0.717, 1.165) is 25.8 Å². The van der Waals surface area contributed by atoms with Crippen molar-refractivity contribution in [2.75, 3.05) is 13.1 Å². The van der Waals surface area contributed by atoms with Crippen LogP contribution in [0.5, 0.6) is 0 Å². The molecule has 1 aromatic heterocycles. The second kappa shape index (κ2) is 5.94. The SMILES string of the molecule is Cn1cc(S(=O)(=O)NCC2CCCCN2)cc1C(N)=O. The van der Waals surface area contributed by atoms with Crippen LogP contribution in [-0.4, -0.2) is 38.0 Å². The molecule has 7 nitrogen and oxygen atoms in total. The number of carbonyl (C=O) groups excluding carboxylic acids is 1. The number of aryl methyl sites for hydroxylation is 1. The van der Waals surface area contributed by atoms with Crippen LogP contribution in [0.3, 0.4) is 0 Å². The van der Waals surface area contributed by atoms with Gasteiger partial charge in [0.25, 0.3) is 5.91 Å². The van der Waals surface area contributed by atoms with Crippen LogP contribution in [0.1, 0.15) is 29.8 Å². The number of hydrogen-bond donors (Lipinski definition) is 3. The molecule has 0 spiro atoms. The number of amides is 1. The summed E-state index contributed by atoms with van der Waals surface area (Å²) in [5.74, 6) is -0.650. The smallest absolute Gasteiger partial charge is 0.265 e. The lowest BCUT2D eigenvalue weighted by atomic mass is 10.1. The summed E-state index contributed by atoms with van der Waals surface area (Å²) in [6.45, 7) is 1.27. The van der Waals surface area contributed by atoms with E-state index in [1.807, 2.05) is 0 Å². The molecular weight excluding hydrogens is 280 g/mol. The summed E-state index contributed by atoms with van der Waals surface area (Å²) in [6.07, 6.45) is 4.58. The number of nitrogens with two attached hydrogens (primary N) is 1. The zero-order valence-electron chi connectivity index (χ0n) is 11.4. The average Bonchev–Trinajstić information content (AvgIpc) is 2.81. The molecule has 1 unspecified atom stereocenters. The fraction of sp³-hybridized carbons (Fsp3) is 0.583. The van der Waals surface area contributed by atoms with Crippen molar-refractivity contribution in [1.29, 1.82) is 0 Å². The molecule has 4 N–H and O–H groups in total. The third-order valence-electron chi connectivity index (χ3n) is 3.47. The van der Waals surface area contributed by atoms with Gasteiger partial charge in [0.05, 0.1) is 0 Å². The fourth-order valence-corrected chi connectivity index (χ4v) is 3.47. The lowest BCUT2D eigenvalue weighted by Crippen LogP contribution is -2.43. The van der Waals surface area contributed by atoms with E-state index < -0.39 is 15.9 Å². The summed E-state index contributed by atoms with van der Waals surface area (Å²) < 4.78 is 28.3. The largest absolute Gasteiger partial charge is 0.364 e. The summed E-state index contributed by atoms with van der Waals surface area (Å²) >= 11 is 0. The Hall–Kier alpha value is -1.38. The van der Waals surface area contributed by atoms with E-state index in [0.29, 0.717) is 6.54 Å². The summed E-state index contributed by atoms with van der Waals surface area (Å²) in [4.78, 5) is 11.2. The van der Waals surface area contributed by atoms with Gasteiger partial charge in [-0.1, -0.05) is 6.42 Å². The molecule has 1 aromatic rings. The van der Waals surface area contributed by atoms with Crippen molar-refractivity contribution in [2.45, 2.75) is 30.2 Å². The number of nitrogens with one attached hydrogen (secondary N) is 2. The molecule has 0 radical (unpaired) electrons. The van der Waals surface area contributed by atoms with Gasteiger partial charge in [0.15, 0.2) is 0 Å². The Morgan fingerprint density at radius 1 is 1.55 bits per heavy atom. The molecule has 1 aliphatic heterocycles. The van der Waals surface area contributed by atoms with Crippen LogP contribution in [0.25, 0.3) is 0 Å². The first-order valence-corrected chi connectivity index (χ1v) is 8.07. The van der Waals surface area contributed by atoms with E-state index in [4.69, 9.17) is 5.73 Å². The third-order valence-corrected chi connectivity index (χ3v) is 4.87. The number of rotatable bonds is 5. The Balaban J connectivity index is 2.06. The molecule has 20 heavy (non-hydrogen) atoms. The molecule has 1 aliphatic rings. The predicted octanol–water partition coefficient (Wildman–Crippen LogP) is -0.456. The number of carbonyl (C=O) groups is 1. The first-order valence-electron chi connectivity index (χ1n) is 6.59. The summed E-state index contributed by atoms with van der Waals surface area (Å²) in [6, 6.07) is 1.46. The minimum atomic E-state index is -3.61. The highest BCUT2D eigenvalue weighted by Gasteiger charge is 2.21. The number of hydrogen-bond acceptors (Lipinski definition) is 4. The molecule has 0 aromatic carbocycles. The lowest BCUT2D eigenvalue weighted by Gasteiger charge is -2.23. The summed E-state index contributed by atoms with van der Waals surface area (Å²) in [5, 5.41) is 3.27. The highest BCUT2D eigenvalue weighted by atomic mass is 32.2. The van der Waals surface area contributed by atoms with Gasteiger partial charge in [-0.15, -0.1) is 0 Å². The van der Waals surface area contributed by atoms with Crippen molar-refractivity contribution in [2.24, 2.45) is 12.8 Å². The van der Waals surface area contributed by atoms with Gasteiger partial charge in [0.1, 0.15) is 10.6 Å². The summed E-state index contributed by atoms with van der Waals surface area (Å²) in [7, 11) is -2.03. The van der Waals surface area contributed by atoms with Crippen molar-refractivity contribution in [3.63, 3.8) is 0 Å². The first-order chi connectivity index (χ1) is 9.40. The quantitative estimate of drug-likeness (QED) is 0.684. The number of primary amides is 1. The van der Waals surface area contributed by atoms with E-state index >= 15 is 0 Å². The second-order valence-corrected chi connectivity index (χ2v) is 6.80. The van der Waals surface area contributed by atoms with Crippen LogP contribution in [0.2, 0.25) is 0 Å². The van der Waals surface area contributed by atoms with Crippen molar-refractivity contribution >= 4 is 15.9 Å². The van der Waals surface area contributed by atoms with Crippen LogP contribution in [0.15, 0.2) is 17.2 Å². The maximum atomic E-state index is 12.2. The Labute approximate surface area is 118 Å². The molecule has 1 atom stereocenters. The van der Waals surface area contributed by atoms with Crippen LogP contribution in [-0.2, 0) is 17.1 Å². The van der Waals surface area contributed by atoms with Crippen LogP contribution >= 0.6 is 0 Å². The van der Waals surface area contributed by atoms with Gasteiger partial charge in [-0.05, 0) is 25.5 Å². The molecule has 0 bridgehead atoms. The van der Waals surface area contributed by atoms with Gasteiger partial charge in [-0.25, -0.2) is 13.1 Å². The van der Waals surface area contributed by atoms with E-state index in [9.17, 15) is 13.2 Å². The Morgan fingerprint density at radius 3 is 2.85 bits per heavy atom. The molecule has 2 heterocycles. The Morgan fingerprint density at radius 2 is 2.30 bits per heavy atom. The monoisotopic (exact) mass is 300 g/mol. The van der Waals surface area contributed by atoms with Crippen molar-refractivity contribution in [3.05, 3.63) is 18.0 Å². The molecule has 2 rings (SSSR count). The number of nitrogens with zero attached hydrogens (tertiary/aromatic N) is 1. The van der Waals surface area contributed by atoms with E-state index in [2.05, 4.69) is 10.0 Å². The maximum absolute atomic E-state index is 12.2. The van der Waals surface area contributed by atoms with Gasteiger partial charge in [0, 0.05) is 25.8 Å². The molecule has 0 saturated carbocycles. The lowest BCUT2D eigenvalue weighted by molar-refractivity contribution is 0.0992. The summed E-state index contributed by atoms with van der Waals surface area (Å²) in [5.41, 5.74) is 5.34. The fourth-order valence-electron chi connectivity index (χ4n) is 2.32. The third kappa shape index (κ3) is 3.38. The first kappa shape index (κ1) is 15.0. The molecule has 8 heteroatoms. The normalized spacial score (nSPS) is 19.9. The zero-order valence-corrected chi connectivity index (χ0v) is 12.2. The maximum Gasteiger partial charge on any atom is 0.265 e. The molecule has 1 saturated heterocycles. The van der Waals surface area contributed by atoms with E-state index in [1.54, 1.807) is 7.05 Å². The van der Waals surface area contributed by atoms with Gasteiger partial charge >= 0.3 is 0 Å².